The van der Waals surface area contributed by atoms with Crippen LogP contribution < -0.4 is 21.1 Å². The van der Waals surface area contributed by atoms with Gasteiger partial charge in [0.25, 0.3) is 5.56 Å². The van der Waals surface area contributed by atoms with Crippen LogP contribution in [0.1, 0.15) is 62.5 Å². The van der Waals surface area contributed by atoms with Crippen LogP contribution in [0.15, 0.2) is 41.2 Å². The van der Waals surface area contributed by atoms with Gasteiger partial charge in [0, 0.05) is 31.7 Å². The molecule has 7 rings (SSSR count). The van der Waals surface area contributed by atoms with Crippen molar-refractivity contribution in [3.8, 4) is 11.4 Å². The van der Waals surface area contributed by atoms with Gasteiger partial charge in [-0.15, -0.1) is 5.10 Å². The maximum Gasteiger partial charge on any atom is 0.416 e. The molecule has 0 aliphatic carbocycles. The van der Waals surface area contributed by atoms with Crippen molar-refractivity contribution in [2.45, 2.75) is 65.0 Å². The van der Waals surface area contributed by atoms with E-state index in [1.54, 1.807) is 4.57 Å². The lowest BCUT2D eigenvalue weighted by Crippen LogP contribution is -2.46. The van der Waals surface area contributed by atoms with Crippen LogP contribution >= 0.6 is 11.6 Å². The minimum atomic E-state index is -4.57. The van der Waals surface area contributed by atoms with Gasteiger partial charge in [0.1, 0.15) is 11.7 Å². The average molecular weight is 658 g/mol. The topological polar surface area (TPSA) is 106 Å². The van der Waals surface area contributed by atoms with Crippen molar-refractivity contribution in [1.82, 2.24) is 24.5 Å². The summed E-state index contributed by atoms with van der Waals surface area (Å²) in [5.74, 6) is 0.0643. The molecule has 2 aromatic heterocycles. The second kappa shape index (κ2) is 12.0. The monoisotopic (exact) mass is 657 g/mol. The number of aromatic nitrogens is 4. The number of hydrogen-bond donors (Lipinski definition) is 2. The van der Waals surface area contributed by atoms with Gasteiger partial charge >= 0.3 is 6.18 Å². The Labute approximate surface area is 268 Å². The van der Waals surface area contributed by atoms with Crippen molar-refractivity contribution in [2.24, 2.45) is 0 Å². The number of amides is 1. The third-order valence-corrected chi connectivity index (χ3v) is 8.93. The summed E-state index contributed by atoms with van der Waals surface area (Å²) in [6.07, 6.45) is -3.78. The SMILES string of the molecule is CC.CC1(C)OCc2cc(-c3nc4n5c(c(N6CCNCC6)c(=O)n4n3)CCC5C(=O)Nc3ccc(C(F)(F)F)cc3Cl)ccc21. The van der Waals surface area contributed by atoms with Gasteiger partial charge < -0.3 is 20.3 Å². The maximum atomic E-state index is 14.0. The quantitative estimate of drug-likeness (QED) is 0.296. The van der Waals surface area contributed by atoms with Crippen molar-refractivity contribution in [1.29, 1.82) is 0 Å². The number of nitrogens with zero attached hydrogens (tertiary/aromatic N) is 5. The Kier molecular flexibility index (Phi) is 8.36. The predicted molar refractivity (Wildman–Crippen MR) is 169 cm³/mol. The van der Waals surface area contributed by atoms with Crippen LogP contribution in [0.5, 0.6) is 0 Å². The van der Waals surface area contributed by atoms with E-state index >= 15 is 0 Å². The molecule has 5 heterocycles. The highest BCUT2D eigenvalue weighted by Gasteiger charge is 2.37. The van der Waals surface area contributed by atoms with Crippen LogP contribution in [-0.2, 0) is 34.3 Å². The molecule has 0 radical (unpaired) electrons. The molecular formula is C32H35ClF3N7O3. The molecule has 1 unspecified atom stereocenters. The number of carbonyl (C=O) groups is 1. The van der Waals surface area contributed by atoms with Crippen molar-refractivity contribution in [3.63, 3.8) is 0 Å². The Morgan fingerprint density at radius 2 is 1.87 bits per heavy atom. The van der Waals surface area contributed by atoms with E-state index in [2.05, 4.69) is 15.7 Å². The van der Waals surface area contributed by atoms with E-state index in [-0.39, 0.29) is 22.0 Å². The summed E-state index contributed by atoms with van der Waals surface area (Å²) in [5.41, 5.74) is 2.36. The minimum Gasteiger partial charge on any atom is -0.366 e. The number of ether oxygens (including phenoxy) is 1. The molecule has 0 bridgehead atoms. The summed E-state index contributed by atoms with van der Waals surface area (Å²) in [5, 5.41) is 10.4. The summed E-state index contributed by atoms with van der Waals surface area (Å²) >= 11 is 6.15. The number of alkyl halides is 3. The van der Waals surface area contributed by atoms with Crippen LogP contribution in [0.25, 0.3) is 17.2 Å². The third kappa shape index (κ3) is 5.54. The summed E-state index contributed by atoms with van der Waals surface area (Å²) in [4.78, 5) is 34.5. The second-order valence-electron chi connectivity index (χ2n) is 11.8. The van der Waals surface area contributed by atoms with Crippen molar-refractivity contribution in [2.75, 3.05) is 36.4 Å². The Morgan fingerprint density at radius 1 is 1.13 bits per heavy atom. The second-order valence-corrected chi connectivity index (χ2v) is 12.2. The molecule has 2 N–H and O–H groups in total. The molecule has 2 aromatic carbocycles. The van der Waals surface area contributed by atoms with Crippen LogP contribution in [0, 0.1) is 0 Å². The molecular weight excluding hydrogens is 623 g/mol. The molecule has 10 nitrogen and oxygen atoms in total. The van der Waals surface area contributed by atoms with Crippen LogP contribution in [0.2, 0.25) is 5.02 Å². The molecule has 4 aromatic rings. The number of benzene rings is 2. The van der Waals surface area contributed by atoms with Gasteiger partial charge in [-0.1, -0.05) is 37.6 Å². The molecule has 0 saturated carbocycles. The zero-order chi connectivity index (χ0) is 33.0. The first-order valence-electron chi connectivity index (χ1n) is 15.4. The summed E-state index contributed by atoms with van der Waals surface area (Å²) in [6.45, 7) is 11.1. The number of hydrogen-bond acceptors (Lipinski definition) is 7. The number of fused-ring (bicyclic) bond motifs is 4. The molecule has 1 amide bonds. The van der Waals surface area contributed by atoms with E-state index < -0.39 is 29.3 Å². The van der Waals surface area contributed by atoms with E-state index in [0.717, 1.165) is 29.3 Å². The zero-order valence-corrected chi connectivity index (χ0v) is 26.7. The molecule has 1 saturated heterocycles. The van der Waals surface area contributed by atoms with Gasteiger partial charge in [-0.05, 0) is 62.1 Å². The molecule has 1 fully saturated rings. The number of carbonyl (C=O) groups excluding carboxylic acids is 1. The average Bonchev–Trinajstić information content (AvgIpc) is 3.75. The molecule has 3 aliphatic heterocycles. The predicted octanol–water partition coefficient (Wildman–Crippen LogP) is 5.56. The zero-order valence-electron chi connectivity index (χ0n) is 26.0. The smallest absolute Gasteiger partial charge is 0.366 e. The standard InChI is InChI=1S/C30H29ClF3N7O3.C2H6/c1-29(2)19-5-3-16(13-17(19)15-44-29)25-37-28-40-22(24(27(43)41(28)38-25)39-11-9-35-10-12-39)7-8-23(40)26(42)36-21-6-4-18(14-20(21)31)30(32,33)34;1-2/h3-6,13-14,23,35H,7-12,15H2,1-2H3,(H,36,42);1-2H3. The summed E-state index contributed by atoms with van der Waals surface area (Å²) in [7, 11) is 0. The van der Waals surface area contributed by atoms with Gasteiger partial charge in [0.05, 0.1) is 34.2 Å². The first kappa shape index (κ1) is 32.0. The number of nitrogens with one attached hydrogen (secondary N) is 2. The maximum absolute atomic E-state index is 14.0. The molecule has 0 spiro atoms. The lowest BCUT2D eigenvalue weighted by molar-refractivity contribution is -0.137. The van der Waals surface area contributed by atoms with Gasteiger partial charge in [-0.3, -0.25) is 14.2 Å². The summed E-state index contributed by atoms with van der Waals surface area (Å²) in [6, 6.07) is 7.82. The van der Waals surface area contributed by atoms with Crippen LogP contribution in [-0.4, -0.2) is 51.3 Å². The molecule has 244 valence electrons. The highest BCUT2D eigenvalue weighted by molar-refractivity contribution is 6.33. The van der Waals surface area contributed by atoms with E-state index in [0.29, 0.717) is 68.4 Å². The van der Waals surface area contributed by atoms with Crippen molar-refractivity contribution >= 4 is 34.7 Å². The van der Waals surface area contributed by atoms with Gasteiger partial charge in [0.15, 0.2) is 5.82 Å². The summed E-state index contributed by atoms with van der Waals surface area (Å²) < 4.78 is 48.4. The number of halogens is 4. The van der Waals surface area contributed by atoms with E-state index in [1.807, 2.05) is 50.8 Å². The highest BCUT2D eigenvalue weighted by Crippen LogP contribution is 2.39. The Morgan fingerprint density at radius 3 is 2.57 bits per heavy atom. The van der Waals surface area contributed by atoms with E-state index in [4.69, 9.17) is 21.3 Å². The number of piperazine rings is 1. The molecule has 3 aliphatic rings. The van der Waals surface area contributed by atoms with Gasteiger partial charge in [-0.25, -0.2) is 0 Å². The molecule has 1 atom stereocenters. The van der Waals surface area contributed by atoms with Crippen LogP contribution in [0.4, 0.5) is 24.5 Å². The highest BCUT2D eigenvalue weighted by atomic mass is 35.5. The largest absolute Gasteiger partial charge is 0.416 e. The Balaban J connectivity index is 0.00000182. The Bertz CT molecular complexity index is 1880. The molecule has 46 heavy (non-hydrogen) atoms. The lowest BCUT2D eigenvalue weighted by Gasteiger charge is -2.30. The fourth-order valence-corrected chi connectivity index (χ4v) is 6.61. The fraction of sp³-hybridized carbons (Fsp3) is 0.438. The van der Waals surface area contributed by atoms with Crippen molar-refractivity contribution in [3.05, 3.63) is 74.2 Å². The number of rotatable bonds is 4. The normalized spacial score (nSPS) is 18.6. The third-order valence-electron chi connectivity index (χ3n) is 8.62. The Hall–Kier alpha value is -3.94. The van der Waals surface area contributed by atoms with Crippen molar-refractivity contribution < 1.29 is 22.7 Å². The molecule has 14 heteroatoms. The first-order chi connectivity index (χ1) is 21.9. The van der Waals surface area contributed by atoms with Gasteiger partial charge in [0.2, 0.25) is 11.7 Å². The fourth-order valence-electron chi connectivity index (χ4n) is 6.38. The lowest BCUT2D eigenvalue weighted by atomic mass is 9.94. The van der Waals surface area contributed by atoms with E-state index in [9.17, 15) is 22.8 Å². The first-order valence-corrected chi connectivity index (χ1v) is 15.8. The number of anilines is 2. The van der Waals surface area contributed by atoms with Crippen LogP contribution in [0.3, 0.4) is 0 Å². The minimum absolute atomic E-state index is 0.0583. The van der Waals surface area contributed by atoms with E-state index in [1.165, 1.54) is 4.52 Å². The van der Waals surface area contributed by atoms with Gasteiger partial charge in [-0.2, -0.15) is 22.7 Å².